The number of carboxylic acid groups (broad SMARTS) is 1. The zero-order chi connectivity index (χ0) is 26.6. The highest BCUT2D eigenvalue weighted by atomic mass is 16.5. The van der Waals surface area contributed by atoms with E-state index in [1.54, 1.807) is 12.4 Å². The minimum absolute atomic E-state index is 0.167. The van der Waals surface area contributed by atoms with E-state index < -0.39 is 12.1 Å². The number of para-hydroxylation sites is 1. The molecule has 0 fully saturated rings. The van der Waals surface area contributed by atoms with Gasteiger partial charge in [-0.05, 0) is 47.2 Å². The lowest BCUT2D eigenvalue weighted by Crippen LogP contribution is -2.39. The van der Waals surface area contributed by atoms with Gasteiger partial charge in [-0.3, -0.25) is 9.97 Å². The first-order chi connectivity index (χ1) is 19.1. The molecule has 1 atom stereocenters. The van der Waals surface area contributed by atoms with Crippen LogP contribution in [-0.4, -0.2) is 38.8 Å². The molecule has 0 spiro atoms. The topological polar surface area (TPSA) is 100 Å². The van der Waals surface area contributed by atoms with Crippen LogP contribution in [0.5, 0.6) is 5.75 Å². The predicted octanol–water partition coefficient (Wildman–Crippen LogP) is 6.70. The molecule has 0 saturated carbocycles. The van der Waals surface area contributed by atoms with Gasteiger partial charge >= 0.3 is 6.09 Å². The van der Waals surface area contributed by atoms with Gasteiger partial charge in [-0.2, -0.15) is 0 Å². The summed E-state index contributed by atoms with van der Waals surface area (Å²) < 4.78 is 6.05. The van der Waals surface area contributed by atoms with Gasteiger partial charge in [0.05, 0.1) is 17.9 Å². The molecule has 0 aliphatic carbocycles. The molecule has 0 aliphatic heterocycles. The monoisotopic (exact) mass is 514 g/mol. The van der Waals surface area contributed by atoms with Gasteiger partial charge in [0.2, 0.25) is 0 Å². The Morgan fingerprint density at radius 3 is 2.59 bits per heavy atom. The van der Waals surface area contributed by atoms with E-state index in [9.17, 15) is 9.90 Å². The number of aromatic nitrogens is 3. The lowest BCUT2D eigenvalue weighted by molar-refractivity contribution is 0.181. The molecular weight excluding hydrogens is 488 g/mol. The van der Waals surface area contributed by atoms with E-state index in [1.807, 2.05) is 85.2 Å². The Balaban J connectivity index is 1.21. The third-order valence-corrected chi connectivity index (χ3v) is 6.76. The molecule has 7 heteroatoms. The SMILES string of the molecule is O=C(O)NC(COc1cncc(-c2ccc3cnc(-c4ccccc4)cc3c2)c1)Cc1c[nH]c2ccccc12. The number of amides is 1. The van der Waals surface area contributed by atoms with Crippen LogP contribution >= 0.6 is 0 Å². The van der Waals surface area contributed by atoms with Crippen molar-refractivity contribution >= 4 is 27.8 Å². The number of rotatable bonds is 8. The van der Waals surface area contributed by atoms with Gasteiger partial charge in [0, 0.05) is 46.0 Å². The standard InChI is InChI=1S/C32H26N4O3/c37-32(38)36-27(13-26-18-34-30-9-5-4-8-29(26)30)20-39-28-14-25(16-33-19-28)22-10-11-23-17-35-31(15-24(23)12-22)21-6-2-1-3-7-21/h1-12,14-19,27,34,36H,13,20H2,(H,37,38). The van der Waals surface area contributed by atoms with Crippen molar-refractivity contribution in [1.82, 2.24) is 20.3 Å². The Morgan fingerprint density at radius 2 is 1.72 bits per heavy atom. The van der Waals surface area contributed by atoms with Crippen molar-refractivity contribution in [2.75, 3.05) is 6.61 Å². The molecule has 1 unspecified atom stereocenters. The number of pyridine rings is 2. The van der Waals surface area contributed by atoms with E-state index in [0.717, 1.165) is 49.6 Å². The second-order valence-corrected chi connectivity index (χ2v) is 9.43. The highest BCUT2D eigenvalue weighted by Crippen LogP contribution is 2.28. The fraction of sp³-hybridized carbons (Fsp3) is 0.0938. The number of nitrogens with zero attached hydrogens (tertiary/aromatic N) is 2. The minimum Gasteiger partial charge on any atom is -0.490 e. The van der Waals surface area contributed by atoms with Crippen LogP contribution < -0.4 is 10.1 Å². The zero-order valence-corrected chi connectivity index (χ0v) is 21.0. The summed E-state index contributed by atoms with van der Waals surface area (Å²) in [6, 6.07) is 27.9. The van der Waals surface area contributed by atoms with E-state index in [2.05, 4.69) is 32.4 Å². The van der Waals surface area contributed by atoms with Gasteiger partial charge in [-0.1, -0.05) is 60.7 Å². The van der Waals surface area contributed by atoms with Gasteiger partial charge < -0.3 is 20.1 Å². The van der Waals surface area contributed by atoms with Crippen LogP contribution in [0.1, 0.15) is 5.56 Å². The van der Waals surface area contributed by atoms with Gasteiger partial charge in [0.1, 0.15) is 12.4 Å². The molecule has 7 nitrogen and oxygen atoms in total. The van der Waals surface area contributed by atoms with Crippen LogP contribution in [0.25, 0.3) is 44.1 Å². The maximum absolute atomic E-state index is 11.5. The third-order valence-electron chi connectivity index (χ3n) is 6.76. The van der Waals surface area contributed by atoms with Gasteiger partial charge in [-0.25, -0.2) is 4.79 Å². The normalized spacial score (nSPS) is 11.9. The molecule has 3 aromatic heterocycles. The molecule has 0 aliphatic rings. The van der Waals surface area contributed by atoms with Crippen LogP contribution in [0, 0.1) is 0 Å². The number of aromatic amines is 1. The van der Waals surface area contributed by atoms with Gasteiger partial charge in [0.25, 0.3) is 0 Å². The summed E-state index contributed by atoms with van der Waals surface area (Å²) in [5.74, 6) is 0.573. The van der Waals surface area contributed by atoms with Gasteiger partial charge in [0.15, 0.2) is 0 Å². The molecule has 0 saturated heterocycles. The second kappa shape index (κ2) is 10.7. The first kappa shape index (κ1) is 24.2. The zero-order valence-electron chi connectivity index (χ0n) is 21.0. The van der Waals surface area contributed by atoms with Crippen molar-refractivity contribution in [2.45, 2.75) is 12.5 Å². The first-order valence-electron chi connectivity index (χ1n) is 12.7. The average Bonchev–Trinajstić information content (AvgIpc) is 3.38. The summed E-state index contributed by atoms with van der Waals surface area (Å²) in [5.41, 5.74) is 5.94. The maximum atomic E-state index is 11.5. The van der Waals surface area contributed by atoms with Crippen LogP contribution in [0.4, 0.5) is 4.79 Å². The Bertz CT molecular complexity index is 1760. The molecule has 0 bridgehead atoms. The Kier molecular flexibility index (Phi) is 6.62. The smallest absolute Gasteiger partial charge is 0.405 e. The van der Waals surface area contributed by atoms with Crippen molar-refractivity contribution in [2.24, 2.45) is 0 Å². The van der Waals surface area contributed by atoms with Crippen molar-refractivity contribution < 1.29 is 14.6 Å². The summed E-state index contributed by atoms with van der Waals surface area (Å²) in [6.07, 6.45) is 6.66. The van der Waals surface area contributed by atoms with E-state index in [1.165, 1.54) is 0 Å². The quantitative estimate of drug-likeness (QED) is 0.210. The molecule has 6 aromatic rings. The number of fused-ring (bicyclic) bond motifs is 2. The number of H-pyrrole nitrogens is 1. The van der Waals surface area contributed by atoms with Gasteiger partial charge in [-0.15, -0.1) is 0 Å². The van der Waals surface area contributed by atoms with E-state index in [4.69, 9.17) is 4.74 Å². The Labute approximate surface area is 225 Å². The van der Waals surface area contributed by atoms with Crippen molar-refractivity contribution in [1.29, 1.82) is 0 Å². The first-order valence-corrected chi connectivity index (χ1v) is 12.7. The number of hydrogen-bond donors (Lipinski definition) is 3. The lowest BCUT2D eigenvalue weighted by atomic mass is 10.0. The highest BCUT2D eigenvalue weighted by Gasteiger charge is 2.16. The molecule has 39 heavy (non-hydrogen) atoms. The fourth-order valence-corrected chi connectivity index (χ4v) is 4.83. The molecular formula is C32H26N4O3. The van der Waals surface area contributed by atoms with Crippen LogP contribution in [0.2, 0.25) is 0 Å². The lowest BCUT2D eigenvalue weighted by Gasteiger charge is -2.18. The van der Waals surface area contributed by atoms with Crippen molar-refractivity contribution in [3.05, 3.63) is 115 Å². The van der Waals surface area contributed by atoms with Crippen LogP contribution in [0.3, 0.4) is 0 Å². The molecule has 3 aromatic carbocycles. The van der Waals surface area contributed by atoms with Crippen molar-refractivity contribution in [3.63, 3.8) is 0 Å². The number of benzene rings is 3. The van der Waals surface area contributed by atoms with E-state index >= 15 is 0 Å². The summed E-state index contributed by atoms with van der Waals surface area (Å²) in [7, 11) is 0. The predicted molar refractivity (Wildman–Crippen MR) is 153 cm³/mol. The molecule has 3 heterocycles. The highest BCUT2D eigenvalue weighted by molar-refractivity contribution is 5.89. The number of carbonyl (C=O) groups is 1. The van der Waals surface area contributed by atoms with Crippen LogP contribution in [-0.2, 0) is 6.42 Å². The number of hydrogen-bond acceptors (Lipinski definition) is 4. The van der Waals surface area contributed by atoms with Crippen LogP contribution in [0.15, 0.2) is 110 Å². The van der Waals surface area contributed by atoms with E-state index in [-0.39, 0.29) is 6.61 Å². The van der Waals surface area contributed by atoms with E-state index in [0.29, 0.717) is 12.2 Å². The largest absolute Gasteiger partial charge is 0.490 e. The Hall–Kier alpha value is -5.17. The Morgan fingerprint density at radius 1 is 0.872 bits per heavy atom. The number of nitrogens with one attached hydrogen (secondary N) is 2. The van der Waals surface area contributed by atoms with Crippen molar-refractivity contribution in [3.8, 4) is 28.1 Å². The molecule has 1 amide bonds. The minimum atomic E-state index is -1.09. The number of ether oxygens (including phenoxy) is 1. The third kappa shape index (κ3) is 5.43. The molecule has 3 N–H and O–H groups in total. The molecule has 6 rings (SSSR count). The summed E-state index contributed by atoms with van der Waals surface area (Å²) in [5, 5.41) is 15.2. The molecule has 0 radical (unpaired) electrons. The average molecular weight is 515 g/mol. The summed E-state index contributed by atoms with van der Waals surface area (Å²) in [4.78, 5) is 23.7. The summed E-state index contributed by atoms with van der Waals surface area (Å²) in [6.45, 7) is 0.167. The maximum Gasteiger partial charge on any atom is 0.405 e. The second-order valence-electron chi connectivity index (χ2n) is 9.43. The summed E-state index contributed by atoms with van der Waals surface area (Å²) >= 11 is 0. The fourth-order valence-electron chi connectivity index (χ4n) is 4.83. The molecule has 192 valence electrons.